The van der Waals surface area contributed by atoms with Gasteiger partial charge in [0.2, 0.25) is 0 Å². The normalized spacial score (nSPS) is 37.0. The van der Waals surface area contributed by atoms with E-state index in [1.807, 2.05) is 0 Å². The molecule has 1 amide bonds. The number of hydrogen-bond acceptors (Lipinski definition) is 2. The smallest absolute Gasteiger partial charge is 0.431 e. The van der Waals surface area contributed by atoms with Crippen molar-refractivity contribution >= 4 is 6.09 Å². The van der Waals surface area contributed by atoms with Gasteiger partial charge in [0.05, 0.1) is 12.1 Å². The highest BCUT2D eigenvalue weighted by atomic mass is 16.7. The summed E-state index contributed by atoms with van der Waals surface area (Å²) in [5, 5.41) is 9.63. The van der Waals surface area contributed by atoms with E-state index in [-0.39, 0.29) is 12.1 Å². The Labute approximate surface area is 58.3 Å². The van der Waals surface area contributed by atoms with E-state index in [2.05, 4.69) is 0 Å². The Morgan fingerprint density at radius 1 is 1.60 bits per heavy atom. The van der Waals surface area contributed by atoms with Gasteiger partial charge in [-0.3, -0.25) is 4.84 Å². The van der Waals surface area contributed by atoms with Crippen LogP contribution in [0.25, 0.3) is 0 Å². The Morgan fingerprint density at radius 2 is 2.40 bits per heavy atom. The van der Waals surface area contributed by atoms with Crippen molar-refractivity contribution in [3.63, 3.8) is 0 Å². The Hall–Kier alpha value is -0.770. The molecule has 0 aromatic heterocycles. The van der Waals surface area contributed by atoms with E-state index in [1.165, 1.54) is 0 Å². The molecule has 2 bridgehead atoms. The lowest BCUT2D eigenvalue weighted by Crippen LogP contribution is -2.35. The molecular formula is C6H9NO3. The molecule has 2 atom stereocenters. The van der Waals surface area contributed by atoms with Gasteiger partial charge in [0.25, 0.3) is 0 Å². The molecule has 0 spiro atoms. The van der Waals surface area contributed by atoms with Crippen LogP contribution in [-0.2, 0) is 4.84 Å². The number of hydrogen-bond donors (Lipinski definition) is 1. The van der Waals surface area contributed by atoms with Gasteiger partial charge in [0.15, 0.2) is 0 Å². The molecule has 1 saturated heterocycles. The van der Waals surface area contributed by atoms with Crippen molar-refractivity contribution < 1.29 is 14.7 Å². The van der Waals surface area contributed by atoms with E-state index >= 15 is 0 Å². The van der Waals surface area contributed by atoms with Crippen LogP contribution in [0.1, 0.15) is 19.3 Å². The molecular weight excluding hydrogens is 134 g/mol. The third kappa shape index (κ3) is 0.686. The number of rotatable bonds is 0. The number of hydroxylamine groups is 2. The fraction of sp³-hybridized carbons (Fsp3) is 0.833. The molecule has 1 aliphatic carbocycles. The van der Waals surface area contributed by atoms with Crippen molar-refractivity contribution in [1.29, 1.82) is 0 Å². The SMILES string of the molecule is O=C(O)N1OC2CCC1C2. The highest BCUT2D eigenvalue weighted by Gasteiger charge is 2.42. The summed E-state index contributed by atoms with van der Waals surface area (Å²) in [6, 6.07) is 0.141. The molecule has 0 aromatic carbocycles. The summed E-state index contributed by atoms with van der Waals surface area (Å²) in [7, 11) is 0. The minimum Gasteiger partial charge on any atom is -0.463 e. The number of amides is 1. The monoisotopic (exact) mass is 143 g/mol. The first-order chi connectivity index (χ1) is 4.77. The van der Waals surface area contributed by atoms with E-state index in [1.54, 1.807) is 0 Å². The molecule has 1 saturated carbocycles. The highest BCUT2D eigenvalue weighted by Crippen LogP contribution is 2.34. The van der Waals surface area contributed by atoms with Crippen molar-refractivity contribution in [1.82, 2.24) is 5.06 Å². The third-order valence-electron chi connectivity index (χ3n) is 2.14. The zero-order chi connectivity index (χ0) is 7.14. The van der Waals surface area contributed by atoms with Crippen LogP contribution in [0.15, 0.2) is 0 Å². The Morgan fingerprint density at radius 3 is 2.70 bits per heavy atom. The lowest BCUT2D eigenvalue weighted by atomic mass is 10.3. The van der Waals surface area contributed by atoms with Gasteiger partial charge in [-0.2, -0.15) is 5.06 Å². The van der Waals surface area contributed by atoms with Crippen LogP contribution in [0.2, 0.25) is 0 Å². The summed E-state index contributed by atoms with van der Waals surface area (Å²) in [6.45, 7) is 0. The van der Waals surface area contributed by atoms with E-state index < -0.39 is 6.09 Å². The summed E-state index contributed by atoms with van der Waals surface area (Å²) in [5.74, 6) is 0. The summed E-state index contributed by atoms with van der Waals surface area (Å²) < 4.78 is 0. The Kier molecular flexibility index (Phi) is 1.11. The van der Waals surface area contributed by atoms with Crippen LogP contribution >= 0.6 is 0 Å². The van der Waals surface area contributed by atoms with E-state index in [0.717, 1.165) is 24.3 Å². The van der Waals surface area contributed by atoms with Crippen LogP contribution in [-0.4, -0.2) is 28.4 Å². The lowest BCUT2D eigenvalue weighted by Gasteiger charge is -2.22. The summed E-state index contributed by atoms with van der Waals surface area (Å²) in [4.78, 5) is 15.4. The average Bonchev–Trinajstić information content (AvgIpc) is 2.44. The van der Waals surface area contributed by atoms with Crippen molar-refractivity contribution in [2.24, 2.45) is 0 Å². The second-order valence-electron chi connectivity index (χ2n) is 2.80. The highest BCUT2D eigenvalue weighted by molar-refractivity contribution is 5.64. The third-order valence-corrected chi connectivity index (χ3v) is 2.14. The topological polar surface area (TPSA) is 49.8 Å². The second kappa shape index (κ2) is 1.85. The minimum absolute atomic E-state index is 0.141. The molecule has 1 N–H and O–H groups in total. The van der Waals surface area contributed by atoms with E-state index in [9.17, 15) is 4.79 Å². The van der Waals surface area contributed by atoms with Crippen LogP contribution in [0.4, 0.5) is 4.79 Å². The van der Waals surface area contributed by atoms with Gasteiger partial charge in [0, 0.05) is 0 Å². The molecule has 2 aliphatic rings. The van der Waals surface area contributed by atoms with Gasteiger partial charge in [0.1, 0.15) is 0 Å². The molecule has 2 rings (SSSR count). The summed E-state index contributed by atoms with van der Waals surface area (Å²) >= 11 is 0. The molecule has 1 heterocycles. The van der Waals surface area contributed by atoms with E-state index in [0.29, 0.717) is 0 Å². The fourth-order valence-corrected chi connectivity index (χ4v) is 1.67. The van der Waals surface area contributed by atoms with Crippen molar-refractivity contribution in [2.75, 3.05) is 0 Å². The first-order valence-corrected chi connectivity index (χ1v) is 3.46. The predicted octanol–water partition coefficient (Wildman–Crippen LogP) is 0.833. The Bertz CT molecular complexity index is 170. The second-order valence-corrected chi connectivity index (χ2v) is 2.80. The van der Waals surface area contributed by atoms with Gasteiger partial charge >= 0.3 is 6.09 Å². The predicted molar refractivity (Wildman–Crippen MR) is 32.4 cm³/mol. The fourth-order valence-electron chi connectivity index (χ4n) is 1.67. The van der Waals surface area contributed by atoms with Crippen molar-refractivity contribution in [2.45, 2.75) is 31.4 Å². The van der Waals surface area contributed by atoms with Crippen LogP contribution in [0, 0.1) is 0 Å². The molecule has 56 valence electrons. The maximum absolute atomic E-state index is 10.4. The van der Waals surface area contributed by atoms with Crippen LogP contribution in [0.5, 0.6) is 0 Å². The maximum Gasteiger partial charge on any atom is 0.431 e. The molecule has 0 radical (unpaired) electrons. The molecule has 2 fully saturated rings. The molecule has 0 aromatic rings. The largest absolute Gasteiger partial charge is 0.463 e. The number of carbonyl (C=O) groups is 1. The quantitative estimate of drug-likeness (QED) is 0.546. The first-order valence-electron chi connectivity index (χ1n) is 3.46. The number of nitrogens with zero attached hydrogens (tertiary/aromatic N) is 1. The standard InChI is InChI=1S/C6H9NO3/c8-6(9)7-4-1-2-5(3-4)10-7/h4-5H,1-3H2,(H,8,9). The van der Waals surface area contributed by atoms with E-state index in [4.69, 9.17) is 9.94 Å². The summed E-state index contributed by atoms with van der Waals surface area (Å²) in [6.07, 6.45) is 2.12. The van der Waals surface area contributed by atoms with Gasteiger partial charge < -0.3 is 5.11 Å². The van der Waals surface area contributed by atoms with Crippen LogP contribution < -0.4 is 0 Å². The van der Waals surface area contributed by atoms with Gasteiger partial charge in [-0.15, -0.1) is 0 Å². The zero-order valence-corrected chi connectivity index (χ0v) is 5.49. The molecule has 10 heavy (non-hydrogen) atoms. The average molecular weight is 143 g/mol. The first kappa shape index (κ1) is 5.97. The molecule has 4 nitrogen and oxygen atoms in total. The number of carboxylic acid groups (broad SMARTS) is 1. The van der Waals surface area contributed by atoms with Crippen molar-refractivity contribution in [3.8, 4) is 0 Å². The summed E-state index contributed by atoms with van der Waals surface area (Å²) in [5.41, 5.74) is 0. The zero-order valence-electron chi connectivity index (χ0n) is 5.49. The molecule has 2 unspecified atom stereocenters. The lowest BCUT2D eigenvalue weighted by molar-refractivity contribution is -0.155. The van der Waals surface area contributed by atoms with Crippen molar-refractivity contribution in [3.05, 3.63) is 0 Å². The van der Waals surface area contributed by atoms with Gasteiger partial charge in [-0.05, 0) is 19.3 Å². The maximum atomic E-state index is 10.4. The van der Waals surface area contributed by atoms with Gasteiger partial charge in [-0.1, -0.05) is 0 Å². The van der Waals surface area contributed by atoms with Crippen LogP contribution in [0.3, 0.4) is 0 Å². The number of fused-ring (bicyclic) bond motifs is 2. The minimum atomic E-state index is -0.952. The molecule has 1 aliphatic heterocycles. The molecule has 4 heteroatoms. The van der Waals surface area contributed by atoms with Gasteiger partial charge in [-0.25, -0.2) is 4.79 Å². The Balaban J connectivity index is 2.08.